The van der Waals surface area contributed by atoms with E-state index >= 15 is 0 Å². The van der Waals surface area contributed by atoms with Crippen LogP contribution in [-0.4, -0.2) is 49.3 Å². The van der Waals surface area contributed by atoms with Crippen molar-refractivity contribution in [2.45, 2.75) is 38.3 Å². The lowest BCUT2D eigenvalue weighted by atomic mass is 10.0. The summed E-state index contributed by atoms with van der Waals surface area (Å²) in [5, 5.41) is 3.47. The second-order valence-corrected chi connectivity index (χ2v) is 4.94. The van der Waals surface area contributed by atoms with E-state index in [4.69, 9.17) is 10.5 Å². The van der Waals surface area contributed by atoms with Gasteiger partial charge in [-0.1, -0.05) is 0 Å². The number of amides is 2. The molecule has 1 aliphatic heterocycles. The summed E-state index contributed by atoms with van der Waals surface area (Å²) in [6, 6.07) is 0.153. The molecule has 0 atom stereocenters. The number of hydrogen-bond acceptors (Lipinski definition) is 3. The Morgan fingerprint density at radius 2 is 2.06 bits per heavy atom. The van der Waals surface area contributed by atoms with Crippen molar-refractivity contribution >= 4 is 6.03 Å². The highest BCUT2D eigenvalue weighted by Gasteiger charge is 2.23. The van der Waals surface area contributed by atoms with Crippen molar-refractivity contribution in [3.63, 3.8) is 0 Å². The number of primary amides is 1. The second kappa shape index (κ2) is 5.50. The molecule has 1 rings (SSSR count). The van der Waals surface area contributed by atoms with Crippen molar-refractivity contribution in [1.29, 1.82) is 0 Å². The highest BCUT2D eigenvalue weighted by atomic mass is 16.5. The summed E-state index contributed by atoms with van der Waals surface area (Å²) < 4.78 is 5.34. The van der Waals surface area contributed by atoms with Gasteiger partial charge in [0, 0.05) is 32.8 Å². The van der Waals surface area contributed by atoms with E-state index in [1.165, 1.54) is 0 Å². The smallest absolute Gasteiger partial charge is 0.314 e. The summed E-state index contributed by atoms with van der Waals surface area (Å²) >= 11 is 0. The minimum atomic E-state index is -0.310. The van der Waals surface area contributed by atoms with Crippen LogP contribution in [0, 0.1) is 0 Å². The first-order chi connectivity index (χ1) is 7.44. The predicted octanol–water partition coefficient (Wildman–Crippen LogP) is 0.544. The summed E-state index contributed by atoms with van der Waals surface area (Å²) in [6.45, 7) is 6.43. The van der Waals surface area contributed by atoms with Gasteiger partial charge in [0.2, 0.25) is 0 Å². The van der Waals surface area contributed by atoms with Gasteiger partial charge in [0.25, 0.3) is 0 Å². The number of rotatable bonds is 4. The van der Waals surface area contributed by atoms with Crippen molar-refractivity contribution in [2.75, 3.05) is 26.7 Å². The van der Waals surface area contributed by atoms with Crippen LogP contribution in [0.5, 0.6) is 0 Å². The van der Waals surface area contributed by atoms with Crippen molar-refractivity contribution in [2.24, 2.45) is 5.73 Å². The van der Waals surface area contributed by atoms with E-state index in [-0.39, 0.29) is 11.6 Å². The van der Waals surface area contributed by atoms with Crippen LogP contribution in [0.25, 0.3) is 0 Å². The summed E-state index contributed by atoms with van der Waals surface area (Å²) in [5.41, 5.74) is 5.09. The monoisotopic (exact) mass is 229 g/mol. The van der Waals surface area contributed by atoms with Gasteiger partial charge in [0.1, 0.15) is 0 Å². The summed E-state index contributed by atoms with van der Waals surface area (Å²) in [4.78, 5) is 12.6. The highest BCUT2D eigenvalue weighted by molar-refractivity contribution is 5.72. The van der Waals surface area contributed by atoms with Gasteiger partial charge < -0.3 is 20.7 Å². The Labute approximate surface area is 97.3 Å². The van der Waals surface area contributed by atoms with E-state index in [2.05, 4.69) is 19.2 Å². The number of nitrogens with two attached hydrogens (primary N) is 1. The molecule has 0 unspecified atom stereocenters. The van der Waals surface area contributed by atoms with Crippen molar-refractivity contribution in [3.05, 3.63) is 0 Å². The van der Waals surface area contributed by atoms with Crippen molar-refractivity contribution < 1.29 is 9.53 Å². The Hall–Kier alpha value is -0.810. The fourth-order valence-electron chi connectivity index (χ4n) is 1.77. The average Bonchev–Trinajstić information content (AvgIpc) is 2.27. The van der Waals surface area contributed by atoms with E-state index in [0.29, 0.717) is 6.04 Å². The third-order valence-corrected chi connectivity index (χ3v) is 3.18. The number of nitrogens with zero attached hydrogens (tertiary/aromatic N) is 1. The number of carbonyl (C=O) groups excluding carboxylic acids is 1. The molecule has 3 N–H and O–H groups in total. The van der Waals surface area contributed by atoms with Crippen LogP contribution in [0.3, 0.4) is 0 Å². The lowest BCUT2D eigenvalue weighted by Crippen LogP contribution is -2.49. The molecule has 0 spiro atoms. The fraction of sp³-hybridized carbons (Fsp3) is 0.909. The molecule has 5 nitrogen and oxygen atoms in total. The fourth-order valence-corrected chi connectivity index (χ4v) is 1.77. The maximum atomic E-state index is 10.9. The maximum Gasteiger partial charge on any atom is 0.314 e. The Morgan fingerprint density at radius 3 is 2.50 bits per heavy atom. The zero-order valence-corrected chi connectivity index (χ0v) is 10.5. The number of hydrogen-bond donors (Lipinski definition) is 2. The largest absolute Gasteiger partial charge is 0.377 e. The quantitative estimate of drug-likeness (QED) is 0.739. The molecule has 0 aromatic heterocycles. The molecular weight excluding hydrogens is 206 g/mol. The first-order valence-corrected chi connectivity index (χ1v) is 5.77. The van der Waals surface area contributed by atoms with Gasteiger partial charge in [0.15, 0.2) is 0 Å². The molecule has 0 saturated carbocycles. The second-order valence-electron chi connectivity index (χ2n) is 4.94. The standard InChI is InChI=1S/C11H23N3O2/c1-11(2,16-3)8-13-9-4-6-14(7-5-9)10(12)15/h9,13H,4-8H2,1-3H3,(H2,12,15). The van der Waals surface area contributed by atoms with E-state index < -0.39 is 0 Å². The normalized spacial score (nSPS) is 18.8. The molecule has 5 heteroatoms. The number of ether oxygens (including phenoxy) is 1. The molecule has 1 saturated heterocycles. The van der Waals surface area contributed by atoms with Crippen LogP contribution in [-0.2, 0) is 4.74 Å². The van der Waals surface area contributed by atoms with E-state index in [1.54, 1.807) is 12.0 Å². The Kier molecular flexibility index (Phi) is 4.56. The molecule has 1 fully saturated rings. The lowest BCUT2D eigenvalue weighted by Gasteiger charge is -2.33. The molecule has 16 heavy (non-hydrogen) atoms. The SMILES string of the molecule is COC(C)(C)CNC1CCN(C(N)=O)CC1. The molecule has 0 aromatic rings. The van der Waals surface area contributed by atoms with Crippen LogP contribution in [0.1, 0.15) is 26.7 Å². The molecular formula is C11H23N3O2. The van der Waals surface area contributed by atoms with Gasteiger partial charge in [-0.3, -0.25) is 0 Å². The van der Waals surface area contributed by atoms with Crippen LogP contribution in [0.4, 0.5) is 4.79 Å². The molecule has 2 amide bonds. The molecule has 1 aliphatic rings. The Bertz CT molecular complexity index is 235. The van der Waals surface area contributed by atoms with E-state index in [9.17, 15) is 4.79 Å². The van der Waals surface area contributed by atoms with Crippen LogP contribution in [0.2, 0.25) is 0 Å². The molecule has 0 bridgehead atoms. The van der Waals surface area contributed by atoms with Gasteiger partial charge in [0.05, 0.1) is 5.60 Å². The molecule has 0 aromatic carbocycles. The minimum Gasteiger partial charge on any atom is -0.377 e. The van der Waals surface area contributed by atoms with Crippen molar-refractivity contribution in [1.82, 2.24) is 10.2 Å². The van der Waals surface area contributed by atoms with Crippen LogP contribution in [0.15, 0.2) is 0 Å². The summed E-state index contributed by atoms with van der Waals surface area (Å²) in [5.74, 6) is 0. The first-order valence-electron chi connectivity index (χ1n) is 5.77. The van der Waals surface area contributed by atoms with E-state index in [1.807, 2.05) is 0 Å². The number of nitrogens with one attached hydrogen (secondary N) is 1. The molecule has 94 valence electrons. The van der Waals surface area contributed by atoms with E-state index in [0.717, 1.165) is 32.5 Å². The summed E-state index contributed by atoms with van der Waals surface area (Å²) in [7, 11) is 1.72. The number of urea groups is 1. The third kappa shape index (κ3) is 3.98. The maximum absolute atomic E-state index is 10.9. The number of methoxy groups -OCH3 is 1. The van der Waals surface area contributed by atoms with Crippen LogP contribution < -0.4 is 11.1 Å². The van der Waals surface area contributed by atoms with Gasteiger partial charge in [-0.25, -0.2) is 4.79 Å². The predicted molar refractivity (Wildman–Crippen MR) is 63.3 cm³/mol. The number of carbonyl (C=O) groups is 1. The third-order valence-electron chi connectivity index (χ3n) is 3.18. The zero-order chi connectivity index (χ0) is 12.2. The Balaban J connectivity index is 2.25. The van der Waals surface area contributed by atoms with Gasteiger partial charge in [-0.05, 0) is 26.7 Å². The summed E-state index contributed by atoms with van der Waals surface area (Å²) in [6.07, 6.45) is 1.92. The molecule has 0 radical (unpaired) electrons. The lowest BCUT2D eigenvalue weighted by molar-refractivity contribution is 0.0194. The van der Waals surface area contributed by atoms with Gasteiger partial charge in [-0.15, -0.1) is 0 Å². The topological polar surface area (TPSA) is 67.6 Å². The van der Waals surface area contributed by atoms with Crippen LogP contribution >= 0.6 is 0 Å². The zero-order valence-electron chi connectivity index (χ0n) is 10.5. The molecule has 1 heterocycles. The minimum absolute atomic E-state index is 0.138. The van der Waals surface area contributed by atoms with Crippen molar-refractivity contribution in [3.8, 4) is 0 Å². The van der Waals surface area contributed by atoms with Gasteiger partial charge in [-0.2, -0.15) is 0 Å². The molecule has 0 aliphatic carbocycles. The van der Waals surface area contributed by atoms with Gasteiger partial charge >= 0.3 is 6.03 Å². The average molecular weight is 229 g/mol. The number of piperidine rings is 1. The first kappa shape index (κ1) is 13.3. The number of likely N-dealkylation sites (tertiary alicyclic amines) is 1. The highest BCUT2D eigenvalue weighted by Crippen LogP contribution is 2.12. The Morgan fingerprint density at radius 1 is 1.50 bits per heavy atom.